The van der Waals surface area contributed by atoms with Crippen molar-refractivity contribution < 1.29 is 18.3 Å². The Morgan fingerprint density at radius 3 is 2.54 bits per heavy atom. The zero-order valence-electron chi connectivity index (χ0n) is 15.2. The molecule has 0 atom stereocenters. The maximum Gasteiger partial charge on any atom is 0.228 e. The highest BCUT2D eigenvalue weighted by Gasteiger charge is 2.19. The fraction of sp³-hybridized carbons (Fsp3) is 0.278. The van der Waals surface area contributed by atoms with E-state index in [1.54, 1.807) is 13.0 Å². The van der Waals surface area contributed by atoms with E-state index in [0.29, 0.717) is 29.4 Å². The number of hydrogen-bond acceptors (Lipinski definition) is 6. The highest BCUT2D eigenvalue weighted by Crippen LogP contribution is 2.28. The van der Waals surface area contributed by atoms with Gasteiger partial charge in [0.2, 0.25) is 5.95 Å². The van der Waals surface area contributed by atoms with Gasteiger partial charge in [-0.15, -0.1) is 11.6 Å². The van der Waals surface area contributed by atoms with Gasteiger partial charge in [0.15, 0.2) is 17.3 Å². The largest absolute Gasteiger partial charge is 0.494 e. The van der Waals surface area contributed by atoms with Gasteiger partial charge < -0.3 is 14.8 Å². The molecule has 3 rings (SSSR count). The first-order chi connectivity index (χ1) is 13.5. The molecule has 2 aromatic heterocycles. The first kappa shape index (κ1) is 19.8. The molecule has 10 heteroatoms. The normalized spacial score (nSPS) is 10.8. The predicted octanol–water partition coefficient (Wildman–Crippen LogP) is 4.11. The van der Waals surface area contributed by atoms with Crippen LogP contribution in [0.2, 0.25) is 0 Å². The van der Waals surface area contributed by atoms with Crippen molar-refractivity contribution >= 4 is 23.4 Å². The summed E-state index contributed by atoms with van der Waals surface area (Å²) in [7, 11) is 1.33. The van der Waals surface area contributed by atoms with E-state index in [9.17, 15) is 8.78 Å². The third kappa shape index (κ3) is 4.30. The third-order valence-electron chi connectivity index (χ3n) is 3.96. The minimum absolute atomic E-state index is 0.0245. The topological polar surface area (TPSA) is 85.0 Å². The summed E-state index contributed by atoms with van der Waals surface area (Å²) < 4.78 is 39.3. The zero-order valence-corrected chi connectivity index (χ0v) is 16.0. The summed E-state index contributed by atoms with van der Waals surface area (Å²) in [5, 5.41) is 9.64. The van der Waals surface area contributed by atoms with E-state index in [1.807, 2.05) is 0 Å². The van der Waals surface area contributed by atoms with E-state index in [0.717, 1.165) is 0 Å². The van der Waals surface area contributed by atoms with Gasteiger partial charge in [-0.1, -0.05) is 6.92 Å². The number of alkyl halides is 1. The first-order valence-corrected chi connectivity index (χ1v) is 8.95. The van der Waals surface area contributed by atoms with Crippen LogP contribution in [0, 0.1) is 11.6 Å². The highest BCUT2D eigenvalue weighted by molar-refractivity contribution is 6.16. The second-order valence-corrected chi connectivity index (χ2v) is 6.03. The number of rotatable bonds is 8. The number of aryl methyl sites for hydroxylation is 1. The van der Waals surface area contributed by atoms with Crippen LogP contribution in [0.5, 0.6) is 11.5 Å². The van der Waals surface area contributed by atoms with Crippen LogP contribution in [0.4, 0.5) is 20.5 Å². The van der Waals surface area contributed by atoms with Crippen LogP contribution in [0.25, 0.3) is 0 Å². The molecule has 0 saturated heterocycles. The van der Waals surface area contributed by atoms with Crippen molar-refractivity contribution in [2.75, 3.05) is 12.4 Å². The fourth-order valence-corrected chi connectivity index (χ4v) is 2.62. The summed E-state index contributed by atoms with van der Waals surface area (Å²) in [4.78, 5) is 8.19. The number of halogens is 3. The molecule has 2 N–H and O–H groups in total. The van der Waals surface area contributed by atoms with E-state index in [-0.39, 0.29) is 29.5 Å². The van der Waals surface area contributed by atoms with Gasteiger partial charge >= 0.3 is 0 Å². The fourth-order valence-electron chi connectivity index (χ4n) is 2.48. The minimum Gasteiger partial charge on any atom is -0.494 e. The summed E-state index contributed by atoms with van der Waals surface area (Å²) in [5.41, 5.74) is 0.825. The van der Waals surface area contributed by atoms with Gasteiger partial charge in [-0.05, 0) is 18.1 Å². The lowest BCUT2D eigenvalue weighted by molar-refractivity contribution is 0.285. The Balaban J connectivity index is 1.70. The number of methoxy groups -OCH3 is 1. The second-order valence-electron chi connectivity index (χ2n) is 5.76. The van der Waals surface area contributed by atoms with Crippen molar-refractivity contribution in [1.82, 2.24) is 20.2 Å². The molecule has 0 amide bonds. The molecule has 7 nitrogen and oxygen atoms in total. The number of hydrogen-bond donors (Lipinski definition) is 2. The summed E-state index contributed by atoms with van der Waals surface area (Å²) in [6, 6.07) is 3.07. The van der Waals surface area contributed by atoms with Gasteiger partial charge in [0, 0.05) is 6.07 Å². The molecule has 1 aromatic carbocycles. The minimum atomic E-state index is -0.786. The SMILES string of the molecule is CCc1cc(OC)c(F)c(COc2cnc(Nc3cc(CCl)n[nH]3)nc2)c1F. The lowest BCUT2D eigenvalue weighted by atomic mass is 10.1. The molecule has 2 heterocycles. The molecular weight excluding hydrogens is 392 g/mol. The summed E-state index contributed by atoms with van der Waals surface area (Å²) in [6.45, 7) is 1.45. The standard InChI is InChI=1S/C18H18ClF2N5O2/c1-3-10-4-14(27-2)17(21)13(16(10)20)9-28-12-7-22-18(23-8-12)24-15-5-11(6-19)25-26-15/h4-5,7-8H,3,6,9H2,1-2H3,(H2,22,23,24,25,26). The van der Waals surface area contributed by atoms with E-state index in [4.69, 9.17) is 21.1 Å². The molecule has 0 unspecified atom stereocenters. The Morgan fingerprint density at radius 2 is 1.93 bits per heavy atom. The number of nitrogens with one attached hydrogen (secondary N) is 2. The van der Waals surface area contributed by atoms with Crippen molar-refractivity contribution in [3.8, 4) is 11.5 Å². The highest BCUT2D eigenvalue weighted by atomic mass is 35.5. The van der Waals surface area contributed by atoms with Crippen LogP contribution in [0.15, 0.2) is 24.5 Å². The van der Waals surface area contributed by atoms with Crippen molar-refractivity contribution in [3.05, 3.63) is 53.0 Å². The van der Waals surface area contributed by atoms with E-state index in [1.165, 1.54) is 25.6 Å². The number of anilines is 2. The zero-order chi connectivity index (χ0) is 20.1. The van der Waals surface area contributed by atoms with E-state index < -0.39 is 11.6 Å². The van der Waals surface area contributed by atoms with Crippen molar-refractivity contribution in [3.63, 3.8) is 0 Å². The molecule has 0 saturated carbocycles. The second kappa shape index (κ2) is 8.83. The van der Waals surface area contributed by atoms with Crippen LogP contribution in [-0.4, -0.2) is 27.3 Å². The number of H-pyrrole nitrogens is 1. The lowest BCUT2D eigenvalue weighted by Crippen LogP contribution is -2.07. The molecule has 0 aliphatic heterocycles. The summed E-state index contributed by atoms with van der Waals surface area (Å²) in [5.74, 6) is -0.0379. The molecule has 3 aromatic rings. The van der Waals surface area contributed by atoms with Crippen LogP contribution in [0.3, 0.4) is 0 Å². The predicted molar refractivity (Wildman–Crippen MR) is 100 cm³/mol. The van der Waals surface area contributed by atoms with E-state index in [2.05, 4.69) is 25.5 Å². The van der Waals surface area contributed by atoms with Gasteiger partial charge in [-0.25, -0.2) is 18.7 Å². The number of ether oxygens (including phenoxy) is 2. The quantitative estimate of drug-likeness (QED) is 0.544. The first-order valence-electron chi connectivity index (χ1n) is 8.41. The third-order valence-corrected chi connectivity index (χ3v) is 4.23. The average Bonchev–Trinajstić information content (AvgIpc) is 3.17. The number of aromatic nitrogens is 4. The van der Waals surface area contributed by atoms with Crippen molar-refractivity contribution in [2.24, 2.45) is 0 Å². The Kier molecular flexibility index (Phi) is 6.25. The molecule has 0 aliphatic carbocycles. The molecule has 0 radical (unpaired) electrons. The molecule has 0 fully saturated rings. The van der Waals surface area contributed by atoms with Crippen molar-refractivity contribution in [1.29, 1.82) is 0 Å². The molecule has 148 valence electrons. The molecule has 0 aliphatic rings. The van der Waals surface area contributed by atoms with Gasteiger partial charge in [-0.3, -0.25) is 5.10 Å². The van der Waals surface area contributed by atoms with Gasteiger partial charge in [0.25, 0.3) is 0 Å². The van der Waals surface area contributed by atoms with Gasteiger partial charge in [0.05, 0.1) is 36.6 Å². The van der Waals surface area contributed by atoms with Crippen molar-refractivity contribution in [2.45, 2.75) is 25.8 Å². The Labute approximate surface area is 165 Å². The van der Waals surface area contributed by atoms with Crippen LogP contribution in [-0.2, 0) is 18.9 Å². The Morgan fingerprint density at radius 1 is 1.18 bits per heavy atom. The van der Waals surface area contributed by atoms with Crippen LogP contribution in [0.1, 0.15) is 23.7 Å². The maximum absolute atomic E-state index is 14.5. The average molecular weight is 410 g/mol. The smallest absolute Gasteiger partial charge is 0.228 e. The number of nitrogens with zero attached hydrogens (tertiary/aromatic N) is 3. The Hall–Kier alpha value is -2.94. The summed E-state index contributed by atoms with van der Waals surface area (Å²) in [6.07, 6.45) is 3.19. The monoisotopic (exact) mass is 409 g/mol. The van der Waals surface area contributed by atoms with Gasteiger partial charge in [-0.2, -0.15) is 5.10 Å². The Bertz CT molecular complexity index is 922. The molecular formula is C18H18ClF2N5O2. The molecule has 0 spiro atoms. The van der Waals surface area contributed by atoms with Crippen LogP contribution < -0.4 is 14.8 Å². The summed E-state index contributed by atoms with van der Waals surface area (Å²) >= 11 is 5.69. The molecule has 0 bridgehead atoms. The van der Waals surface area contributed by atoms with Gasteiger partial charge in [0.1, 0.15) is 18.2 Å². The number of benzene rings is 1. The lowest BCUT2D eigenvalue weighted by Gasteiger charge is -2.13. The van der Waals surface area contributed by atoms with E-state index >= 15 is 0 Å². The maximum atomic E-state index is 14.5. The number of aromatic amines is 1. The molecule has 28 heavy (non-hydrogen) atoms. The van der Waals surface area contributed by atoms with Crippen LogP contribution >= 0.6 is 11.6 Å².